The van der Waals surface area contributed by atoms with Gasteiger partial charge in [0.05, 0.1) is 6.16 Å². The van der Waals surface area contributed by atoms with E-state index < -0.39 is 13.0 Å². The van der Waals surface area contributed by atoms with E-state index in [9.17, 15) is 0 Å². The maximum Gasteiger partial charge on any atom is 0.271 e. The second-order valence-corrected chi connectivity index (χ2v) is 12.1. The molecule has 5 rings (SSSR count). The van der Waals surface area contributed by atoms with E-state index in [1.54, 1.807) is 0 Å². The Labute approximate surface area is 212 Å². The third kappa shape index (κ3) is 4.80. The Bertz CT molecular complexity index is 1150. The quantitative estimate of drug-likeness (QED) is 0.358. The summed E-state index contributed by atoms with van der Waals surface area (Å²) in [5.74, 6) is -0.190. The molecular weight excluding hydrogens is 505 g/mol. The van der Waals surface area contributed by atoms with Gasteiger partial charge in [-0.3, -0.25) is 0 Å². The van der Waals surface area contributed by atoms with Crippen LogP contribution < -0.4 is 32.9 Å². The van der Waals surface area contributed by atoms with E-state index in [0.29, 0.717) is 5.90 Å². The van der Waals surface area contributed by atoms with E-state index in [4.69, 9.17) is 9.57 Å². The van der Waals surface area contributed by atoms with E-state index in [0.717, 1.165) is 11.7 Å². The molecule has 1 aliphatic rings. The fourth-order valence-electron chi connectivity index (χ4n) is 4.33. The summed E-state index contributed by atoms with van der Waals surface area (Å²) in [6, 6.07) is 41.4. The highest BCUT2D eigenvalue weighted by Gasteiger charge is 2.45. The Morgan fingerprint density at radius 2 is 1.09 bits per heavy atom. The summed E-state index contributed by atoms with van der Waals surface area (Å²) in [6.45, 7) is 3.71. The van der Waals surface area contributed by atoms with Gasteiger partial charge >= 0.3 is 0 Å². The minimum Gasteiger partial charge on any atom is -1.00 e. The summed E-state index contributed by atoms with van der Waals surface area (Å²) >= 11 is 0. The zero-order valence-electron chi connectivity index (χ0n) is 19.3. The average molecular weight is 532 g/mol. The third-order valence-electron chi connectivity index (χ3n) is 5.90. The molecule has 0 N–H and O–H groups in total. The van der Waals surface area contributed by atoms with Gasteiger partial charge in [-0.1, -0.05) is 66.7 Å². The number of oxime groups is 1. The lowest BCUT2D eigenvalue weighted by Gasteiger charge is -2.28. The molecule has 0 spiro atoms. The van der Waals surface area contributed by atoms with Gasteiger partial charge in [0.1, 0.15) is 23.2 Å². The number of ether oxygens (including phenoxy) is 1. The fraction of sp³-hybridized carbons (Fsp3) is 0.138. The smallest absolute Gasteiger partial charge is 0.271 e. The second-order valence-electron chi connectivity index (χ2n) is 8.66. The molecule has 0 radical (unpaired) electrons. The molecule has 1 heterocycles. The van der Waals surface area contributed by atoms with E-state index in [1.165, 1.54) is 21.5 Å². The normalized spacial score (nSPS) is 14.4. The zero-order chi connectivity index (χ0) is 22.7. The number of hydrogen-bond acceptors (Lipinski definition) is 3. The highest BCUT2D eigenvalue weighted by Crippen LogP contribution is 2.58. The largest absolute Gasteiger partial charge is 1.00 e. The van der Waals surface area contributed by atoms with Crippen molar-refractivity contribution in [1.29, 1.82) is 0 Å². The Morgan fingerprint density at radius 1 is 0.647 bits per heavy atom. The van der Waals surface area contributed by atoms with Gasteiger partial charge in [0.15, 0.2) is 0 Å². The van der Waals surface area contributed by atoms with Gasteiger partial charge in [0.25, 0.3) is 11.7 Å². The molecule has 0 saturated carbocycles. The standard InChI is InChI=1S/C29H27NO2P.BrH/c1-29(2)31-28(30-32-29)24-20-18-23(19-21-24)22-33(25-12-6-3-7-13-25,26-14-8-4-9-15-26)27-16-10-5-11-17-27;/h3-21H,22H2,1-2H3;1H/q+1;/p-1. The molecule has 0 saturated heterocycles. The molecule has 4 aromatic rings. The van der Waals surface area contributed by atoms with Crippen LogP contribution in [0, 0.1) is 0 Å². The molecule has 0 aromatic heterocycles. The molecular formula is C29H27BrNO2P. The summed E-state index contributed by atoms with van der Waals surface area (Å²) in [6.07, 6.45) is 0.931. The lowest BCUT2D eigenvalue weighted by atomic mass is 10.1. The molecule has 0 amide bonds. The van der Waals surface area contributed by atoms with Gasteiger partial charge in [-0.15, -0.1) is 0 Å². The lowest BCUT2D eigenvalue weighted by molar-refractivity contribution is -0.128. The Kier molecular flexibility index (Phi) is 7.21. The van der Waals surface area contributed by atoms with Crippen molar-refractivity contribution in [3.8, 4) is 0 Å². The number of benzene rings is 4. The van der Waals surface area contributed by atoms with Gasteiger partial charge in [-0.05, 0) is 59.3 Å². The van der Waals surface area contributed by atoms with Crippen molar-refractivity contribution in [2.24, 2.45) is 5.16 Å². The van der Waals surface area contributed by atoms with Crippen LogP contribution >= 0.6 is 7.26 Å². The first-order valence-electron chi connectivity index (χ1n) is 11.2. The molecule has 0 aliphatic carbocycles. The predicted octanol–water partition coefficient (Wildman–Crippen LogP) is 2.63. The first-order chi connectivity index (χ1) is 16.1. The topological polar surface area (TPSA) is 30.8 Å². The average Bonchev–Trinajstić information content (AvgIpc) is 3.24. The minimum atomic E-state index is -1.92. The van der Waals surface area contributed by atoms with Crippen LogP contribution in [0.2, 0.25) is 0 Å². The van der Waals surface area contributed by atoms with Crippen molar-refractivity contribution >= 4 is 29.1 Å². The van der Waals surface area contributed by atoms with Gasteiger partial charge in [-0.25, -0.2) is 0 Å². The first kappa shape index (κ1) is 24.2. The summed E-state index contributed by atoms with van der Waals surface area (Å²) < 4.78 is 5.82. The van der Waals surface area contributed by atoms with Crippen LogP contribution in [0.4, 0.5) is 0 Å². The van der Waals surface area contributed by atoms with Crippen molar-refractivity contribution in [2.45, 2.75) is 25.8 Å². The van der Waals surface area contributed by atoms with Crippen LogP contribution in [0.25, 0.3) is 0 Å². The highest BCUT2D eigenvalue weighted by molar-refractivity contribution is 7.95. The van der Waals surface area contributed by atoms with Gasteiger partial charge in [0, 0.05) is 19.4 Å². The van der Waals surface area contributed by atoms with E-state index in [1.807, 2.05) is 13.8 Å². The predicted molar refractivity (Wildman–Crippen MR) is 138 cm³/mol. The van der Waals surface area contributed by atoms with Gasteiger partial charge < -0.3 is 26.6 Å². The number of rotatable bonds is 6. The fourth-order valence-corrected chi connectivity index (χ4v) is 8.57. The van der Waals surface area contributed by atoms with Crippen LogP contribution in [0.1, 0.15) is 25.0 Å². The van der Waals surface area contributed by atoms with Crippen LogP contribution in [-0.4, -0.2) is 11.7 Å². The Hall–Kier alpha value is -2.94. The molecule has 172 valence electrons. The first-order valence-corrected chi connectivity index (χ1v) is 13.1. The van der Waals surface area contributed by atoms with Crippen molar-refractivity contribution in [3.05, 3.63) is 126 Å². The number of nitrogens with zero attached hydrogens (tertiary/aromatic N) is 1. The second kappa shape index (κ2) is 10.1. The third-order valence-corrected chi connectivity index (χ3v) is 10.3. The van der Waals surface area contributed by atoms with Crippen LogP contribution in [-0.2, 0) is 15.7 Å². The van der Waals surface area contributed by atoms with E-state index in [-0.39, 0.29) is 17.0 Å². The molecule has 34 heavy (non-hydrogen) atoms. The Morgan fingerprint density at radius 3 is 1.47 bits per heavy atom. The zero-order valence-corrected chi connectivity index (χ0v) is 21.7. The van der Waals surface area contributed by atoms with Gasteiger partial charge in [0.2, 0.25) is 0 Å². The molecule has 3 nitrogen and oxygen atoms in total. The summed E-state index contributed by atoms with van der Waals surface area (Å²) in [4.78, 5) is 5.36. The highest BCUT2D eigenvalue weighted by atomic mass is 79.9. The number of hydrogen-bond donors (Lipinski definition) is 0. The number of halogens is 1. The minimum absolute atomic E-state index is 0. The SMILES string of the molecule is CC1(C)ON=C(c2ccc(C[P+](c3ccccc3)(c3ccccc3)c3ccccc3)cc2)O1.[Br-]. The van der Waals surface area contributed by atoms with Crippen LogP contribution in [0.5, 0.6) is 0 Å². The maximum absolute atomic E-state index is 5.82. The lowest BCUT2D eigenvalue weighted by Crippen LogP contribution is -3.00. The molecule has 1 aliphatic heterocycles. The molecule has 5 heteroatoms. The van der Waals surface area contributed by atoms with Crippen molar-refractivity contribution in [1.82, 2.24) is 0 Å². The molecule has 0 bridgehead atoms. The van der Waals surface area contributed by atoms with E-state index in [2.05, 4.69) is 120 Å². The van der Waals surface area contributed by atoms with Crippen molar-refractivity contribution in [2.75, 3.05) is 0 Å². The summed E-state index contributed by atoms with van der Waals surface area (Å²) in [5, 5.41) is 8.25. The maximum atomic E-state index is 5.82. The van der Waals surface area contributed by atoms with E-state index >= 15 is 0 Å². The van der Waals surface area contributed by atoms with Crippen molar-refractivity contribution < 1.29 is 26.6 Å². The molecule has 0 fully saturated rings. The van der Waals surface area contributed by atoms with Gasteiger partial charge in [-0.2, -0.15) is 0 Å². The molecule has 0 atom stereocenters. The van der Waals surface area contributed by atoms with Crippen LogP contribution in [0.15, 0.2) is 120 Å². The molecule has 0 unspecified atom stereocenters. The summed E-state index contributed by atoms with van der Waals surface area (Å²) in [5.41, 5.74) is 2.20. The monoisotopic (exact) mass is 531 g/mol. The van der Waals surface area contributed by atoms with Crippen molar-refractivity contribution in [3.63, 3.8) is 0 Å². The van der Waals surface area contributed by atoms with Crippen LogP contribution in [0.3, 0.4) is 0 Å². The molecule has 4 aromatic carbocycles. The summed E-state index contributed by atoms with van der Waals surface area (Å²) in [7, 11) is -1.92. The Balaban J connectivity index is 0.00000274.